The number of fused-ring (bicyclic) bond motifs is 1. The van der Waals surface area contributed by atoms with Crippen LogP contribution in [-0.4, -0.2) is 5.11 Å². The van der Waals surface area contributed by atoms with Crippen LogP contribution in [0, 0.1) is 18.4 Å². The average Bonchev–Trinajstić information content (AvgIpc) is 2.64. The van der Waals surface area contributed by atoms with Crippen molar-refractivity contribution in [3.63, 3.8) is 0 Å². The van der Waals surface area contributed by atoms with E-state index >= 15 is 0 Å². The molecule has 1 aliphatic carbocycles. The van der Waals surface area contributed by atoms with Crippen molar-refractivity contribution in [2.45, 2.75) is 131 Å². The molecule has 0 spiro atoms. The maximum absolute atomic E-state index is 11.9. The Kier molecular flexibility index (Phi) is 8.51. The van der Waals surface area contributed by atoms with E-state index in [-0.39, 0.29) is 10.8 Å². The standard InChI is InChI=1S/C30H48O/c1-11-15-20(5)25-22(17-13-3)26(29(6,7)8)28(31)27-23(25)19-21(16-12-2)24(18-14-4)30(27,9)10/h21,24,31H,11-19H2,1-4,6-10H3. The lowest BCUT2D eigenvalue weighted by molar-refractivity contribution is 0.161. The van der Waals surface area contributed by atoms with Gasteiger partial charge in [-0.25, -0.2) is 0 Å². The van der Waals surface area contributed by atoms with Crippen molar-refractivity contribution >= 4 is 5.57 Å². The Balaban J connectivity index is 2.98. The first kappa shape index (κ1) is 26.0. The molecule has 0 heterocycles. The Morgan fingerprint density at radius 1 is 1.00 bits per heavy atom. The molecule has 0 aliphatic heterocycles. The highest BCUT2D eigenvalue weighted by atomic mass is 16.3. The van der Waals surface area contributed by atoms with E-state index in [0.717, 1.165) is 43.2 Å². The van der Waals surface area contributed by atoms with Crippen LogP contribution in [-0.2, 0) is 23.7 Å². The van der Waals surface area contributed by atoms with Gasteiger partial charge in [0.05, 0.1) is 0 Å². The first-order valence-electron chi connectivity index (χ1n) is 13.0. The predicted octanol–water partition coefficient (Wildman–Crippen LogP) is 8.80. The molecule has 1 aliphatic rings. The fourth-order valence-electron chi connectivity index (χ4n) is 6.55. The molecule has 1 N–H and O–H groups in total. The Hall–Kier alpha value is -1.24. The fraction of sp³-hybridized carbons (Fsp3) is 0.733. The molecule has 0 saturated heterocycles. The molecule has 1 heteroatoms. The van der Waals surface area contributed by atoms with Crippen molar-refractivity contribution in [2.24, 2.45) is 11.8 Å². The van der Waals surface area contributed by atoms with Crippen LogP contribution >= 0.6 is 0 Å². The molecule has 2 atom stereocenters. The first-order valence-corrected chi connectivity index (χ1v) is 13.0. The van der Waals surface area contributed by atoms with Crippen molar-refractivity contribution in [1.29, 1.82) is 0 Å². The molecular formula is C30H48O. The van der Waals surface area contributed by atoms with Gasteiger partial charge in [-0.2, -0.15) is 0 Å². The van der Waals surface area contributed by atoms with Crippen LogP contribution in [0.1, 0.15) is 135 Å². The molecule has 174 valence electrons. The molecule has 0 bridgehead atoms. The maximum atomic E-state index is 11.9. The van der Waals surface area contributed by atoms with Gasteiger partial charge in [-0.15, -0.1) is 0 Å². The quantitative estimate of drug-likeness (QED) is 0.420. The SMILES string of the molecule is [C]=C(CCC)c1c(CCC)c(C(C)(C)C)c(O)c2c1CC(CCC)C(CCC)C2(C)C. The largest absolute Gasteiger partial charge is 0.507 e. The van der Waals surface area contributed by atoms with E-state index < -0.39 is 0 Å². The summed E-state index contributed by atoms with van der Waals surface area (Å²) in [6.07, 6.45) is 9.63. The van der Waals surface area contributed by atoms with Gasteiger partial charge < -0.3 is 5.11 Å². The number of benzene rings is 1. The zero-order valence-electron chi connectivity index (χ0n) is 22.0. The van der Waals surface area contributed by atoms with Crippen LogP contribution < -0.4 is 0 Å². The number of phenols is 1. The maximum Gasteiger partial charge on any atom is 0.123 e. The van der Waals surface area contributed by atoms with Crippen molar-refractivity contribution in [3.05, 3.63) is 34.4 Å². The molecule has 2 unspecified atom stereocenters. The molecule has 2 rings (SSSR count). The zero-order valence-corrected chi connectivity index (χ0v) is 22.0. The van der Waals surface area contributed by atoms with Crippen LogP contribution in [0.25, 0.3) is 5.57 Å². The number of hydrogen-bond acceptors (Lipinski definition) is 1. The van der Waals surface area contributed by atoms with E-state index in [1.54, 1.807) is 0 Å². The van der Waals surface area contributed by atoms with Gasteiger partial charge in [-0.3, -0.25) is 0 Å². The Morgan fingerprint density at radius 3 is 2.10 bits per heavy atom. The average molecular weight is 425 g/mol. The lowest BCUT2D eigenvalue weighted by Gasteiger charge is -2.48. The van der Waals surface area contributed by atoms with Gasteiger partial charge in [0, 0.05) is 11.1 Å². The van der Waals surface area contributed by atoms with Gasteiger partial charge in [0.15, 0.2) is 0 Å². The monoisotopic (exact) mass is 424 g/mol. The van der Waals surface area contributed by atoms with E-state index in [1.807, 2.05) is 0 Å². The van der Waals surface area contributed by atoms with Gasteiger partial charge >= 0.3 is 0 Å². The zero-order chi connectivity index (χ0) is 23.6. The van der Waals surface area contributed by atoms with Crippen LogP contribution in [0.4, 0.5) is 0 Å². The second-order valence-electron chi connectivity index (χ2n) is 11.5. The number of allylic oxidation sites excluding steroid dienone is 1. The van der Waals surface area contributed by atoms with Crippen LogP contribution in [0.2, 0.25) is 0 Å². The lowest BCUT2D eigenvalue weighted by atomic mass is 9.56. The summed E-state index contributed by atoms with van der Waals surface area (Å²) in [6.45, 7) is 29.5. The van der Waals surface area contributed by atoms with Crippen molar-refractivity contribution in [3.8, 4) is 5.75 Å². The third-order valence-electron chi connectivity index (χ3n) is 7.60. The minimum atomic E-state index is -0.151. The smallest absolute Gasteiger partial charge is 0.123 e. The summed E-state index contributed by atoms with van der Waals surface area (Å²) in [7, 11) is 0. The molecule has 1 aromatic carbocycles. The van der Waals surface area contributed by atoms with E-state index in [9.17, 15) is 5.11 Å². The molecule has 0 fully saturated rings. The topological polar surface area (TPSA) is 20.2 Å². The third kappa shape index (κ3) is 4.91. The summed E-state index contributed by atoms with van der Waals surface area (Å²) in [5, 5.41) is 11.9. The summed E-state index contributed by atoms with van der Waals surface area (Å²) in [4.78, 5) is 0. The van der Waals surface area contributed by atoms with E-state index in [2.05, 4.69) is 62.3 Å². The Morgan fingerprint density at radius 2 is 1.61 bits per heavy atom. The second-order valence-corrected chi connectivity index (χ2v) is 11.5. The molecule has 2 radical (unpaired) electrons. The highest BCUT2D eigenvalue weighted by Crippen LogP contribution is 2.55. The van der Waals surface area contributed by atoms with Crippen molar-refractivity contribution in [2.75, 3.05) is 0 Å². The molecule has 0 aromatic heterocycles. The number of hydrogen-bond donors (Lipinski definition) is 1. The van der Waals surface area contributed by atoms with Crippen molar-refractivity contribution in [1.82, 2.24) is 0 Å². The van der Waals surface area contributed by atoms with Gasteiger partial charge in [0.1, 0.15) is 5.75 Å². The molecule has 1 nitrogen and oxygen atoms in total. The second kappa shape index (κ2) is 10.1. The summed E-state index contributed by atoms with van der Waals surface area (Å²) >= 11 is 0. The van der Waals surface area contributed by atoms with Crippen molar-refractivity contribution < 1.29 is 5.11 Å². The van der Waals surface area contributed by atoms with Crippen LogP contribution in [0.15, 0.2) is 0 Å². The van der Waals surface area contributed by atoms with Gasteiger partial charge in [0.25, 0.3) is 0 Å². The molecule has 0 saturated carbocycles. The van der Waals surface area contributed by atoms with Gasteiger partial charge in [-0.05, 0) is 77.2 Å². The third-order valence-corrected chi connectivity index (χ3v) is 7.60. The predicted molar refractivity (Wildman–Crippen MR) is 136 cm³/mol. The van der Waals surface area contributed by atoms with Crippen LogP contribution in [0.5, 0.6) is 5.75 Å². The van der Waals surface area contributed by atoms with Gasteiger partial charge in [0.2, 0.25) is 0 Å². The van der Waals surface area contributed by atoms with Crippen LogP contribution in [0.3, 0.4) is 0 Å². The minimum Gasteiger partial charge on any atom is -0.507 e. The lowest BCUT2D eigenvalue weighted by Crippen LogP contribution is -2.41. The molecule has 0 amide bonds. The summed E-state index contributed by atoms with van der Waals surface area (Å²) in [6, 6.07) is 0. The molecular weight excluding hydrogens is 376 g/mol. The highest BCUT2D eigenvalue weighted by Gasteiger charge is 2.46. The summed E-state index contributed by atoms with van der Waals surface area (Å²) < 4.78 is 0. The Bertz CT molecular complexity index is 775. The number of aromatic hydroxyl groups is 1. The minimum absolute atomic E-state index is 0.0838. The van der Waals surface area contributed by atoms with E-state index in [0.29, 0.717) is 17.6 Å². The number of phenolic OH excluding ortho intramolecular Hbond substituents is 1. The first-order chi connectivity index (χ1) is 14.5. The Labute approximate surface area is 193 Å². The number of rotatable bonds is 9. The van der Waals surface area contributed by atoms with E-state index in [1.165, 1.54) is 47.9 Å². The van der Waals surface area contributed by atoms with E-state index in [4.69, 9.17) is 6.58 Å². The summed E-state index contributed by atoms with van der Waals surface area (Å²) in [5.74, 6) is 1.75. The fourth-order valence-corrected chi connectivity index (χ4v) is 6.55. The highest BCUT2D eigenvalue weighted by molar-refractivity contribution is 5.75. The molecule has 31 heavy (non-hydrogen) atoms. The van der Waals surface area contributed by atoms with Gasteiger partial charge in [-0.1, -0.05) is 94.4 Å². The molecule has 1 aromatic rings. The normalized spacial score (nSPS) is 20.5. The summed E-state index contributed by atoms with van der Waals surface area (Å²) in [5.41, 5.74) is 6.58.